The van der Waals surface area contributed by atoms with Crippen molar-refractivity contribution in [2.45, 2.75) is 122 Å². The lowest BCUT2D eigenvalue weighted by atomic mass is 9.87. The highest BCUT2D eigenvalue weighted by Crippen LogP contribution is 2.32. The molecule has 2 heterocycles. The third kappa shape index (κ3) is 11.6. The van der Waals surface area contributed by atoms with Crippen molar-refractivity contribution < 1.29 is 39.8 Å². The van der Waals surface area contributed by atoms with Crippen LogP contribution >= 0.6 is 0 Å². The van der Waals surface area contributed by atoms with Crippen LogP contribution in [0.3, 0.4) is 0 Å². The van der Waals surface area contributed by atoms with Gasteiger partial charge in [-0.1, -0.05) is 62.8 Å². The first-order valence-corrected chi connectivity index (χ1v) is 14.7. The van der Waals surface area contributed by atoms with E-state index in [1.165, 1.54) is 0 Å². The van der Waals surface area contributed by atoms with E-state index in [2.05, 4.69) is 31.7 Å². The van der Waals surface area contributed by atoms with Gasteiger partial charge in [0.1, 0.15) is 18.3 Å². The summed E-state index contributed by atoms with van der Waals surface area (Å²) in [5.74, 6) is -0.697. The third-order valence-electron chi connectivity index (χ3n) is 8.09. The molecule has 5 N–H and O–H groups in total. The summed E-state index contributed by atoms with van der Waals surface area (Å²) >= 11 is 0. The Bertz CT molecular complexity index is 909. The molecule has 228 valence electrons. The number of epoxide rings is 1. The number of fused-ring (bicyclic) bond motifs is 1. The molecule has 0 aromatic heterocycles. The van der Waals surface area contributed by atoms with Gasteiger partial charge in [-0.25, -0.2) is 4.79 Å². The maximum Gasteiger partial charge on any atom is 0.333 e. The van der Waals surface area contributed by atoms with Crippen LogP contribution in [0.25, 0.3) is 0 Å². The molecule has 2 aliphatic rings. The van der Waals surface area contributed by atoms with Crippen LogP contribution in [0.4, 0.5) is 0 Å². The summed E-state index contributed by atoms with van der Waals surface area (Å²) in [5, 5.41) is 52.1. The number of aliphatic hydroxyl groups excluding tert-OH is 5. The van der Waals surface area contributed by atoms with E-state index in [-0.39, 0.29) is 31.0 Å². The third-order valence-corrected chi connectivity index (χ3v) is 8.09. The predicted octanol–water partition coefficient (Wildman–Crippen LogP) is 3.76. The van der Waals surface area contributed by atoms with Crippen molar-refractivity contribution in [2.75, 3.05) is 6.61 Å². The number of aliphatic hydroxyl groups is 5. The van der Waals surface area contributed by atoms with Gasteiger partial charge in [0, 0.05) is 12.0 Å². The summed E-state index contributed by atoms with van der Waals surface area (Å²) in [4.78, 5) is 12.5. The molecule has 1 fully saturated rings. The average molecular weight is 565 g/mol. The molecule has 8 nitrogen and oxygen atoms in total. The number of hydrogen-bond acceptors (Lipinski definition) is 8. The van der Waals surface area contributed by atoms with Gasteiger partial charge >= 0.3 is 5.97 Å². The Morgan fingerprint density at radius 2 is 1.68 bits per heavy atom. The second kappa shape index (κ2) is 16.6. The summed E-state index contributed by atoms with van der Waals surface area (Å²) in [6.07, 6.45) is 6.00. The van der Waals surface area contributed by atoms with Crippen LogP contribution in [-0.2, 0) is 14.3 Å². The van der Waals surface area contributed by atoms with Crippen LogP contribution in [0.2, 0.25) is 0 Å². The van der Waals surface area contributed by atoms with Gasteiger partial charge in [-0.3, -0.25) is 0 Å². The fraction of sp³-hybridized carbons (Fsp3) is 0.719. The van der Waals surface area contributed by atoms with Crippen molar-refractivity contribution in [3.05, 3.63) is 47.6 Å². The predicted molar refractivity (Wildman–Crippen MR) is 155 cm³/mol. The van der Waals surface area contributed by atoms with E-state index in [1.54, 1.807) is 19.9 Å². The number of carbonyl (C=O) groups is 1. The van der Waals surface area contributed by atoms with Gasteiger partial charge in [-0.05, 0) is 70.1 Å². The lowest BCUT2D eigenvalue weighted by Crippen LogP contribution is -2.43. The second-order valence-electron chi connectivity index (χ2n) is 12.1. The highest BCUT2D eigenvalue weighted by Gasteiger charge is 2.37. The SMILES string of the molecule is C=C1/C=C(\C)[C@@H](C)C[C@H](O)C[C@H](O)[C@H](O)[C@@H](O)[C@H](C)C[C@H](CO)OC(=O)/C(C)=C/CC/C=C/[C@H]2O[C@H]2C[C@H](C)C1. The first kappa shape index (κ1) is 34.4. The molecule has 0 aromatic rings. The molecule has 1 saturated heterocycles. The minimum Gasteiger partial charge on any atom is -0.457 e. The summed E-state index contributed by atoms with van der Waals surface area (Å²) in [5.41, 5.74) is 2.53. The fourth-order valence-electron chi connectivity index (χ4n) is 5.31. The van der Waals surface area contributed by atoms with Crippen LogP contribution in [0, 0.1) is 17.8 Å². The lowest BCUT2D eigenvalue weighted by Gasteiger charge is -2.30. The molecule has 0 radical (unpaired) electrons. The maximum atomic E-state index is 12.5. The quantitative estimate of drug-likeness (QED) is 0.184. The van der Waals surface area contributed by atoms with Crippen molar-refractivity contribution >= 4 is 5.97 Å². The lowest BCUT2D eigenvalue weighted by molar-refractivity contribution is -0.149. The van der Waals surface area contributed by atoms with Crippen molar-refractivity contribution in [3.8, 4) is 0 Å². The molecule has 40 heavy (non-hydrogen) atoms. The molecule has 2 rings (SSSR count). The number of carbonyl (C=O) groups excluding carboxylic acids is 1. The highest BCUT2D eigenvalue weighted by atomic mass is 16.6. The molecule has 0 saturated carbocycles. The Kier molecular flexibility index (Phi) is 14.3. The number of rotatable bonds is 1. The van der Waals surface area contributed by atoms with E-state index in [1.807, 2.05) is 13.8 Å². The van der Waals surface area contributed by atoms with Crippen molar-refractivity contribution in [1.82, 2.24) is 0 Å². The first-order chi connectivity index (χ1) is 18.8. The molecule has 10 atom stereocenters. The molecule has 0 aromatic carbocycles. The van der Waals surface area contributed by atoms with Crippen molar-refractivity contribution in [3.63, 3.8) is 0 Å². The van der Waals surface area contributed by atoms with Gasteiger partial charge < -0.3 is 35.0 Å². The summed E-state index contributed by atoms with van der Waals surface area (Å²) in [6.45, 7) is 13.3. The summed E-state index contributed by atoms with van der Waals surface area (Å²) in [7, 11) is 0. The van der Waals surface area contributed by atoms with Crippen molar-refractivity contribution in [1.29, 1.82) is 0 Å². The zero-order valence-electron chi connectivity index (χ0n) is 24.9. The largest absolute Gasteiger partial charge is 0.457 e. The van der Waals surface area contributed by atoms with Crippen LogP contribution < -0.4 is 0 Å². The molecule has 0 amide bonds. The van der Waals surface area contributed by atoms with E-state index in [0.717, 1.165) is 30.4 Å². The highest BCUT2D eigenvalue weighted by molar-refractivity contribution is 5.87. The number of hydrogen-bond donors (Lipinski definition) is 5. The Labute approximate surface area is 240 Å². The van der Waals surface area contributed by atoms with E-state index >= 15 is 0 Å². The number of allylic oxidation sites excluding steroid dienone is 5. The summed E-state index contributed by atoms with van der Waals surface area (Å²) in [6, 6.07) is 0. The van der Waals surface area contributed by atoms with Crippen LogP contribution in [0.5, 0.6) is 0 Å². The molecule has 8 heteroatoms. The normalized spacial score (nSPS) is 42.0. The van der Waals surface area contributed by atoms with E-state index in [9.17, 15) is 30.3 Å². The van der Waals surface area contributed by atoms with Gasteiger partial charge in [-0.15, -0.1) is 0 Å². The molecule has 0 spiro atoms. The van der Waals surface area contributed by atoms with E-state index < -0.39 is 49.0 Å². The van der Waals surface area contributed by atoms with Gasteiger partial charge in [0.2, 0.25) is 0 Å². The molecule has 0 bridgehead atoms. The number of cyclic esters (lactones) is 1. The van der Waals surface area contributed by atoms with Gasteiger partial charge in [-0.2, -0.15) is 0 Å². The van der Waals surface area contributed by atoms with E-state index in [0.29, 0.717) is 24.3 Å². The average Bonchev–Trinajstić information content (AvgIpc) is 3.62. The van der Waals surface area contributed by atoms with Gasteiger partial charge in [0.25, 0.3) is 0 Å². The second-order valence-corrected chi connectivity index (χ2v) is 12.1. The zero-order chi connectivity index (χ0) is 30.0. The molecular formula is C32H52O8. The van der Waals surface area contributed by atoms with Crippen molar-refractivity contribution in [2.24, 2.45) is 17.8 Å². The minimum absolute atomic E-state index is 0.0348. The minimum atomic E-state index is -1.50. The Morgan fingerprint density at radius 3 is 2.35 bits per heavy atom. The van der Waals surface area contributed by atoms with Crippen LogP contribution in [0.1, 0.15) is 79.6 Å². The maximum absolute atomic E-state index is 12.5. The zero-order valence-corrected chi connectivity index (χ0v) is 24.9. The van der Waals surface area contributed by atoms with Gasteiger partial charge in [0.15, 0.2) is 0 Å². The molecule has 0 unspecified atom stereocenters. The molecule has 2 aliphatic heterocycles. The Morgan fingerprint density at radius 1 is 0.975 bits per heavy atom. The Balaban J connectivity index is 2.13. The smallest absolute Gasteiger partial charge is 0.333 e. The first-order valence-electron chi connectivity index (χ1n) is 14.7. The van der Waals surface area contributed by atoms with E-state index in [4.69, 9.17) is 9.47 Å². The van der Waals surface area contributed by atoms with Crippen LogP contribution in [-0.4, -0.2) is 80.8 Å². The molecular weight excluding hydrogens is 512 g/mol. The fourth-order valence-corrected chi connectivity index (χ4v) is 5.31. The number of ether oxygens (including phenoxy) is 2. The monoisotopic (exact) mass is 564 g/mol. The standard InChI is InChI=1S/C32H52O8/c1-19-12-20(2)14-29-28(40-29)11-9-7-8-10-21(3)32(38)39-26(18-33)16-24(6)30(36)31(37)27(35)17-25(34)15-23(5)22(4)13-19/h9-11,13,20,23-31,33-37H,1,7-8,12,14-18H2,2-6H3/b11-9+,21-10+,22-13+/t20-,23+,24-,25+,26-,27+,28-,29+,30+,31+/m1/s1. The Hall–Kier alpha value is -1.81. The summed E-state index contributed by atoms with van der Waals surface area (Å²) < 4.78 is 11.2. The van der Waals surface area contributed by atoms with Gasteiger partial charge in [0.05, 0.1) is 31.0 Å². The molecule has 0 aliphatic carbocycles. The topological polar surface area (TPSA) is 140 Å². The van der Waals surface area contributed by atoms with Crippen LogP contribution in [0.15, 0.2) is 47.6 Å². The number of esters is 1.